The van der Waals surface area contributed by atoms with Gasteiger partial charge in [0.05, 0.1) is 12.1 Å². The first-order valence-electron chi connectivity index (χ1n) is 6.95. The van der Waals surface area contributed by atoms with Gasteiger partial charge in [0.1, 0.15) is 0 Å². The molecule has 2 aromatic rings. The fourth-order valence-electron chi connectivity index (χ4n) is 2.48. The van der Waals surface area contributed by atoms with E-state index in [1.54, 1.807) is 42.5 Å². The third-order valence-electron chi connectivity index (χ3n) is 3.65. The maximum absolute atomic E-state index is 12.5. The molecule has 22 heavy (non-hydrogen) atoms. The van der Waals surface area contributed by atoms with Crippen molar-refractivity contribution in [1.29, 1.82) is 0 Å². The second kappa shape index (κ2) is 5.78. The molecule has 3 nitrogen and oxygen atoms in total. The lowest BCUT2D eigenvalue weighted by atomic mass is 10.0. The van der Waals surface area contributed by atoms with Crippen LogP contribution in [0, 0.1) is 6.92 Å². The molecule has 0 aliphatic carbocycles. The number of aryl methyl sites for hydroxylation is 1. The SMILES string of the molecule is Cc1ccc(Cl)cc1/C=C1\CC(=O)N(c2ccccc2)C1=O. The van der Waals surface area contributed by atoms with E-state index in [1.165, 1.54) is 4.90 Å². The zero-order valence-corrected chi connectivity index (χ0v) is 12.8. The zero-order chi connectivity index (χ0) is 15.7. The molecule has 1 aliphatic rings. The minimum atomic E-state index is -0.268. The molecule has 0 radical (unpaired) electrons. The van der Waals surface area contributed by atoms with Crippen LogP contribution >= 0.6 is 11.6 Å². The molecule has 0 bridgehead atoms. The van der Waals surface area contributed by atoms with Gasteiger partial charge in [0.15, 0.2) is 0 Å². The summed E-state index contributed by atoms with van der Waals surface area (Å²) in [5.74, 6) is -0.474. The average Bonchev–Trinajstić information content (AvgIpc) is 2.78. The van der Waals surface area contributed by atoms with Gasteiger partial charge in [0, 0.05) is 10.6 Å². The second-order valence-electron chi connectivity index (χ2n) is 5.22. The van der Waals surface area contributed by atoms with Crippen molar-refractivity contribution in [1.82, 2.24) is 0 Å². The van der Waals surface area contributed by atoms with Crippen molar-refractivity contribution in [3.8, 4) is 0 Å². The standard InChI is InChI=1S/C18H14ClNO2/c1-12-7-8-15(19)10-13(12)9-14-11-17(21)20(18(14)22)16-5-3-2-4-6-16/h2-10H,11H2,1H3/b14-9+. The van der Waals surface area contributed by atoms with Gasteiger partial charge >= 0.3 is 0 Å². The molecule has 0 aromatic heterocycles. The quantitative estimate of drug-likeness (QED) is 0.621. The molecule has 1 heterocycles. The predicted octanol–water partition coefficient (Wildman–Crippen LogP) is 4.00. The summed E-state index contributed by atoms with van der Waals surface area (Å²) < 4.78 is 0. The van der Waals surface area contributed by atoms with Gasteiger partial charge < -0.3 is 0 Å². The lowest BCUT2D eigenvalue weighted by Crippen LogP contribution is -2.28. The number of amides is 2. The van der Waals surface area contributed by atoms with Crippen molar-refractivity contribution in [3.63, 3.8) is 0 Å². The number of hydrogen-bond donors (Lipinski definition) is 0. The van der Waals surface area contributed by atoms with Gasteiger partial charge in [0.25, 0.3) is 5.91 Å². The molecular formula is C18H14ClNO2. The number of imide groups is 1. The van der Waals surface area contributed by atoms with Gasteiger partial charge in [-0.15, -0.1) is 0 Å². The van der Waals surface area contributed by atoms with E-state index in [1.807, 2.05) is 19.1 Å². The molecule has 0 N–H and O–H groups in total. The highest BCUT2D eigenvalue weighted by atomic mass is 35.5. The summed E-state index contributed by atoms with van der Waals surface area (Å²) in [7, 11) is 0. The summed E-state index contributed by atoms with van der Waals surface area (Å²) in [5, 5.41) is 0.606. The van der Waals surface area contributed by atoms with E-state index in [2.05, 4.69) is 0 Å². The highest BCUT2D eigenvalue weighted by Gasteiger charge is 2.34. The summed E-state index contributed by atoms with van der Waals surface area (Å²) in [5.41, 5.74) is 2.96. The maximum atomic E-state index is 12.5. The molecule has 1 aliphatic heterocycles. The van der Waals surface area contributed by atoms with Gasteiger partial charge in [-0.1, -0.05) is 35.9 Å². The van der Waals surface area contributed by atoms with Crippen LogP contribution in [-0.4, -0.2) is 11.8 Å². The molecule has 4 heteroatoms. The molecule has 1 saturated heterocycles. The van der Waals surface area contributed by atoms with E-state index in [-0.39, 0.29) is 18.2 Å². The van der Waals surface area contributed by atoms with Crippen LogP contribution in [0.4, 0.5) is 5.69 Å². The lowest BCUT2D eigenvalue weighted by molar-refractivity contribution is -0.120. The van der Waals surface area contributed by atoms with Gasteiger partial charge in [-0.25, -0.2) is 4.90 Å². The predicted molar refractivity (Wildman–Crippen MR) is 87.7 cm³/mol. The Morgan fingerprint density at radius 1 is 1.09 bits per heavy atom. The van der Waals surface area contributed by atoms with Gasteiger partial charge in [-0.3, -0.25) is 9.59 Å². The normalized spacial score (nSPS) is 16.6. The average molecular weight is 312 g/mol. The number of rotatable bonds is 2. The Bertz CT molecular complexity index is 781. The minimum absolute atomic E-state index is 0.111. The van der Waals surface area contributed by atoms with E-state index >= 15 is 0 Å². The Kier molecular flexibility index (Phi) is 3.82. The molecule has 110 valence electrons. The largest absolute Gasteiger partial charge is 0.274 e. The lowest BCUT2D eigenvalue weighted by Gasteiger charge is -2.12. The molecule has 0 unspecified atom stereocenters. The van der Waals surface area contributed by atoms with E-state index in [0.29, 0.717) is 16.3 Å². The molecule has 3 rings (SSSR count). The van der Waals surface area contributed by atoms with Gasteiger partial charge in [-0.05, 0) is 48.4 Å². The first-order valence-corrected chi connectivity index (χ1v) is 7.33. The fraction of sp³-hybridized carbons (Fsp3) is 0.111. The van der Waals surface area contributed by atoms with Crippen molar-refractivity contribution >= 4 is 35.2 Å². The van der Waals surface area contributed by atoms with Crippen LogP contribution in [0.2, 0.25) is 5.02 Å². The zero-order valence-electron chi connectivity index (χ0n) is 12.0. The van der Waals surface area contributed by atoms with Crippen LogP contribution < -0.4 is 4.90 Å². The van der Waals surface area contributed by atoms with Crippen molar-refractivity contribution in [2.75, 3.05) is 4.90 Å². The number of nitrogens with zero attached hydrogens (tertiary/aromatic N) is 1. The Hall–Kier alpha value is -2.39. The highest BCUT2D eigenvalue weighted by Crippen LogP contribution is 2.28. The first-order chi connectivity index (χ1) is 10.6. The van der Waals surface area contributed by atoms with Crippen molar-refractivity contribution in [2.45, 2.75) is 13.3 Å². The van der Waals surface area contributed by atoms with Gasteiger partial charge in [0.2, 0.25) is 5.91 Å². The second-order valence-corrected chi connectivity index (χ2v) is 5.65. The third kappa shape index (κ3) is 2.68. The molecule has 0 saturated carbocycles. The van der Waals surface area contributed by atoms with E-state index in [4.69, 9.17) is 11.6 Å². The van der Waals surface area contributed by atoms with Crippen LogP contribution in [0.3, 0.4) is 0 Å². The maximum Gasteiger partial charge on any atom is 0.261 e. The summed E-state index contributed by atoms with van der Waals surface area (Å²) >= 11 is 6.00. The number of carbonyl (C=O) groups excluding carboxylic acids is 2. The Morgan fingerprint density at radius 2 is 1.82 bits per heavy atom. The number of anilines is 1. The van der Waals surface area contributed by atoms with Crippen molar-refractivity contribution in [2.24, 2.45) is 0 Å². The summed E-state index contributed by atoms with van der Waals surface area (Å²) in [6.45, 7) is 1.94. The first kappa shape index (κ1) is 14.5. The number of carbonyl (C=O) groups is 2. The molecular weight excluding hydrogens is 298 g/mol. The van der Waals surface area contributed by atoms with E-state index in [0.717, 1.165) is 11.1 Å². The van der Waals surface area contributed by atoms with Crippen LogP contribution in [0.15, 0.2) is 54.1 Å². The Morgan fingerprint density at radius 3 is 2.55 bits per heavy atom. The molecule has 2 aromatic carbocycles. The molecule has 1 fully saturated rings. The van der Waals surface area contributed by atoms with Crippen LogP contribution in [0.25, 0.3) is 6.08 Å². The van der Waals surface area contributed by atoms with E-state index in [9.17, 15) is 9.59 Å². The summed E-state index contributed by atoms with van der Waals surface area (Å²) in [4.78, 5) is 25.9. The monoisotopic (exact) mass is 311 g/mol. The highest BCUT2D eigenvalue weighted by molar-refractivity contribution is 6.31. The fourth-order valence-corrected chi connectivity index (χ4v) is 2.66. The van der Waals surface area contributed by atoms with Crippen molar-refractivity contribution < 1.29 is 9.59 Å². The Labute approximate surface area is 133 Å². The summed E-state index contributed by atoms with van der Waals surface area (Å²) in [6.07, 6.45) is 1.87. The smallest absolute Gasteiger partial charge is 0.261 e. The minimum Gasteiger partial charge on any atom is -0.274 e. The van der Waals surface area contributed by atoms with E-state index < -0.39 is 0 Å². The number of benzene rings is 2. The summed E-state index contributed by atoms with van der Waals surface area (Å²) in [6, 6.07) is 14.5. The van der Waals surface area contributed by atoms with Crippen LogP contribution in [0.5, 0.6) is 0 Å². The Balaban J connectivity index is 1.97. The number of para-hydroxylation sites is 1. The molecule has 0 atom stereocenters. The van der Waals surface area contributed by atoms with Crippen LogP contribution in [0.1, 0.15) is 17.5 Å². The number of hydrogen-bond acceptors (Lipinski definition) is 2. The van der Waals surface area contributed by atoms with Crippen LogP contribution in [-0.2, 0) is 9.59 Å². The molecule has 0 spiro atoms. The number of halogens is 1. The van der Waals surface area contributed by atoms with Crippen molar-refractivity contribution in [3.05, 3.63) is 70.3 Å². The topological polar surface area (TPSA) is 37.4 Å². The molecule has 2 amide bonds. The van der Waals surface area contributed by atoms with Gasteiger partial charge in [-0.2, -0.15) is 0 Å². The third-order valence-corrected chi connectivity index (χ3v) is 3.89.